The molecule has 0 unspecified atom stereocenters. The minimum Gasteiger partial charge on any atom is -0.331 e. The predicted molar refractivity (Wildman–Crippen MR) is 108 cm³/mol. The van der Waals surface area contributed by atoms with Crippen LogP contribution in [0.15, 0.2) is 59.1 Å². The lowest BCUT2D eigenvalue weighted by atomic mass is 9.98. The highest BCUT2D eigenvalue weighted by atomic mass is 35.5. The van der Waals surface area contributed by atoms with Crippen molar-refractivity contribution in [2.24, 2.45) is 5.92 Å². The van der Waals surface area contributed by atoms with Gasteiger partial charge in [0, 0.05) is 37.6 Å². The molecule has 0 saturated carbocycles. The molecular formula is C19H20ClN3O2S2. The van der Waals surface area contributed by atoms with Crippen molar-refractivity contribution in [3.8, 4) is 11.4 Å². The summed E-state index contributed by atoms with van der Waals surface area (Å²) in [6.07, 6.45) is 5.50. The van der Waals surface area contributed by atoms with E-state index in [0.29, 0.717) is 27.6 Å². The summed E-state index contributed by atoms with van der Waals surface area (Å²) in [6, 6.07) is 13.3. The fraction of sp³-hybridized carbons (Fsp3) is 0.316. The molecule has 0 bridgehead atoms. The fourth-order valence-corrected chi connectivity index (χ4v) is 6.58. The SMILES string of the molecule is O=S(=O)(c1ccc(Cl)s1)N1CCC(Cn2ccnc2-c2ccccc2)CC1. The fourth-order valence-electron chi connectivity index (χ4n) is 3.48. The summed E-state index contributed by atoms with van der Waals surface area (Å²) in [5, 5.41) is 0. The average molecular weight is 422 g/mol. The summed E-state index contributed by atoms with van der Waals surface area (Å²) in [5.74, 6) is 1.39. The zero-order valence-electron chi connectivity index (χ0n) is 14.7. The lowest BCUT2D eigenvalue weighted by Crippen LogP contribution is -2.39. The number of imidazole rings is 1. The van der Waals surface area contributed by atoms with Crippen LogP contribution in [0.1, 0.15) is 12.8 Å². The van der Waals surface area contributed by atoms with Crippen LogP contribution in [-0.4, -0.2) is 35.4 Å². The number of hydrogen-bond acceptors (Lipinski definition) is 4. The van der Waals surface area contributed by atoms with Crippen LogP contribution in [-0.2, 0) is 16.6 Å². The molecule has 1 aromatic carbocycles. The smallest absolute Gasteiger partial charge is 0.252 e. The van der Waals surface area contributed by atoms with Gasteiger partial charge >= 0.3 is 0 Å². The summed E-state index contributed by atoms with van der Waals surface area (Å²) in [7, 11) is -3.43. The van der Waals surface area contributed by atoms with E-state index in [9.17, 15) is 8.42 Å². The van der Waals surface area contributed by atoms with Gasteiger partial charge in [-0.2, -0.15) is 4.31 Å². The van der Waals surface area contributed by atoms with E-state index in [2.05, 4.69) is 21.7 Å². The van der Waals surface area contributed by atoms with Gasteiger partial charge in [0.2, 0.25) is 0 Å². The molecule has 142 valence electrons. The van der Waals surface area contributed by atoms with Crippen LogP contribution in [0.25, 0.3) is 11.4 Å². The molecule has 5 nitrogen and oxygen atoms in total. The van der Waals surface area contributed by atoms with Crippen molar-refractivity contribution in [3.05, 3.63) is 59.2 Å². The highest BCUT2D eigenvalue weighted by Crippen LogP contribution is 2.31. The topological polar surface area (TPSA) is 55.2 Å². The third-order valence-corrected chi connectivity index (χ3v) is 8.52. The molecular weight excluding hydrogens is 402 g/mol. The number of piperidine rings is 1. The highest BCUT2D eigenvalue weighted by Gasteiger charge is 2.30. The maximum atomic E-state index is 12.7. The molecule has 3 aromatic rings. The van der Waals surface area contributed by atoms with E-state index in [1.165, 1.54) is 0 Å². The minimum atomic E-state index is -3.43. The molecule has 3 heterocycles. The molecule has 8 heteroatoms. The van der Waals surface area contributed by atoms with Crippen LogP contribution in [0.3, 0.4) is 0 Å². The molecule has 0 aliphatic carbocycles. The van der Waals surface area contributed by atoms with Crippen molar-refractivity contribution in [2.45, 2.75) is 23.6 Å². The molecule has 0 N–H and O–H groups in total. The van der Waals surface area contributed by atoms with Gasteiger partial charge in [-0.15, -0.1) is 11.3 Å². The summed E-state index contributed by atoms with van der Waals surface area (Å²) in [5.41, 5.74) is 1.09. The van der Waals surface area contributed by atoms with Crippen molar-refractivity contribution < 1.29 is 8.42 Å². The molecule has 4 rings (SSSR count). The number of thiophene rings is 1. The van der Waals surface area contributed by atoms with E-state index in [0.717, 1.165) is 42.1 Å². The Morgan fingerprint density at radius 2 is 1.85 bits per heavy atom. The van der Waals surface area contributed by atoms with Gasteiger partial charge in [0.25, 0.3) is 10.0 Å². The van der Waals surface area contributed by atoms with E-state index in [1.54, 1.807) is 16.4 Å². The lowest BCUT2D eigenvalue weighted by molar-refractivity contribution is 0.254. The molecule has 1 aliphatic heterocycles. The Kier molecular flexibility index (Phi) is 5.36. The number of rotatable bonds is 5. The zero-order valence-corrected chi connectivity index (χ0v) is 17.1. The highest BCUT2D eigenvalue weighted by molar-refractivity contribution is 7.91. The number of halogens is 1. The van der Waals surface area contributed by atoms with Crippen molar-refractivity contribution >= 4 is 33.0 Å². The first kappa shape index (κ1) is 18.7. The second-order valence-electron chi connectivity index (χ2n) is 6.68. The monoisotopic (exact) mass is 421 g/mol. The zero-order chi connectivity index (χ0) is 18.9. The second kappa shape index (κ2) is 7.75. The Morgan fingerprint density at radius 1 is 1.11 bits per heavy atom. The molecule has 27 heavy (non-hydrogen) atoms. The standard InChI is InChI=1S/C19H20ClN3O2S2/c20-17-6-7-18(26-17)27(24,25)23-11-8-15(9-12-23)14-22-13-10-21-19(22)16-4-2-1-3-5-16/h1-7,10,13,15H,8-9,11-12,14H2. The molecule has 0 amide bonds. The van der Waals surface area contributed by atoms with E-state index in [1.807, 2.05) is 30.6 Å². The van der Waals surface area contributed by atoms with Crippen molar-refractivity contribution in [1.29, 1.82) is 0 Å². The molecule has 0 spiro atoms. The quantitative estimate of drug-likeness (QED) is 0.614. The van der Waals surface area contributed by atoms with Gasteiger partial charge in [0.15, 0.2) is 0 Å². The first-order valence-electron chi connectivity index (χ1n) is 8.86. The number of sulfonamides is 1. The third kappa shape index (κ3) is 3.96. The number of benzene rings is 1. The van der Waals surface area contributed by atoms with E-state index in [-0.39, 0.29) is 0 Å². The third-order valence-electron chi connectivity index (χ3n) is 4.92. The Balaban J connectivity index is 1.42. The van der Waals surface area contributed by atoms with E-state index >= 15 is 0 Å². The molecule has 0 atom stereocenters. The Hall–Kier alpha value is -1.67. The number of hydrogen-bond donors (Lipinski definition) is 0. The number of aromatic nitrogens is 2. The summed E-state index contributed by atoms with van der Waals surface area (Å²) in [4.78, 5) is 4.49. The molecule has 1 aliphatic rings. The van der Waals surface area contributed by atoms with Crippen LogP contribution in [0.4, 0.5) is 0 Å². The molecule has 1 fully saturated rings. The minimum absolute atomic E-state index is 0.326. The van der Waals surface area contributed by atoms with Crippen molar-refractivity contribution in [1.82, 2.24) is 13.9 Å². The van der Waals surface area contributed by atoms with Gasteiger partial charge in [-0.1, -0.05) is 41.9 Å². The Bertz CT molecular complexity index is 1010. The lowest BCUT2D eigenvalue weighted by Gasteiger charge is -2.31. The second-order valence-corrected chi connectivity index (χ2v) is 10.6. The summed E-state index contributed by atoms with van der Waals surface area (Å²) < 4.78 is 30.0. The van der Waals surface area contributed by atoms with Gasteiger partial charge < -0.3 is 4.57 Å². The van der Waals surface area contributed by atoms with Gasteiger partial charge in [-0.25, -0.2) is 13.4 Å². The Labute approximate surface area is 168 Å². The maximum absolute atomic E-state index is 12.7. The van der Waals surface area contributed by atoms with Crippen LogP contribution < -0.4 is 0 Å². The Morgan fingerprint density at radius 3 is 2.52 bits per heavy atom. The van der Waals surface area contributed by atoms with Gasteiger partial charge in [-0.05, 0) is 30.9 Å². The van der Waals surface area contributed by atoms with Crippen molar-refractivity contribution in [3.63, 3.8) is 0 Å². The average Bonchev–Trinajstić information content (AvgIpc) is 3.32. The van der Waals surface area contributed by atoms with Gasteiger partial charge in [-0.3, -0.25) is 0 Å². The molecule has 1 saturated heterocycles. The molecule has 0 radical (unpaired) electrons. The first-order valence-corrected chi connectivity index (χ1v) is 11.5. The van der Waals surface area contributed by atoms with Crippen LogP contribution in [0, 0.1) is 5.92 Å². The molecule has 2 aromatic heterocycles. The summed E-state index contributed by atoms with van der Waals surface area (Å²) in [6.45, 7) is 1.93. The van der Waals surface area contributed by atoms with Gasteiger partial charge in [0.05, 0.1) is 4.34 Å². The largest absolute Gasteiger partial charge is 0.331 e. The van der Waals surface area contributed by atoms with E-state index in [4.69, 9.17) is 11.6 Å². The normalized spacial score (nSPS) is 16.6. The number of nitrogens with zero attached hydrogens (tertiary/aromatic N) is 3. The van der Waals surface area contributed by atoms with Crippen LogP contribution in [0.2, 0.25) is 4.34 Å². The first-order chi connectivity index (χ1) is 13.0. The summed E-state index contributed by atoms with van der Waals surface area (Å²) >= 11 is 7.02. The van der Waals surface area contributed by atoms with Crippen molar-refractivity contribution in [2.75, 3.05) is 13.1 Å². The predicted octanol–water partition coefficient (Wildman–Crippen LogP) is 4.37. The van der Waals surface area contributed by atoms with Crippen LogP contribution >= 0.6 is 22.9 Å². The van der Waals surface area contributed by atoms with E-state index < -0.39 is 10.0 Å². The van der Waals surface area contributed by atoms with Crippen LogP contribution in [0.5, 0.6) is 0 Å². The maximum Gasteiger partial charge on any atom is 0.252 e. The van der Waals surface area contributed by atoms with Gasteiger partial charge in [0.1, 0.15) is 10.0 Å².